The zero-order chi connectivity index (χ0) is 19.4. The van der Waals surface area contributed by atoms with Crippen LogP contribution in [0.15, 0.2) is 18.2 Å². The Morgan fingerprint density at radius 2 is 2.00 bits per heavy atom. The maximum absolute atomic E-state index is 11.9. The molecule has 1 aromatic carbocycles. The Hall–Kier alpha value is -2.60. The van der Waals surface area contributed by atoms with Gasteiger partial charge >= 0.3 is 5.97 Å². The zero-order valence-corrected chi connectivity index (χ0v) is 16.7. The third kappa shape index (κ3) is 2.58. The van der Waals surface area contributed by atoms with Gasteiger partial charge in [-0.3, -0.25) is 4.79 Å². The largest absolute Gasteiger partial charge is 0.481 e. The second-order valence-corrected chi connectivity index (χ2v) is 8.59. The number of carboxylic acid groups (broad SMARTS) is 1. The van der Waals surface area contributed by atoms with E-state index in [2.05, 4.69) is 0 Å². The standard InChI is InChI=1S/C22H21NO4S/c1-11(22(24)25)18-12(2)23-21-20(14-5-3-4-6-17(14)28-21)19(18)13-7-8-15-16(9-13)27-10-26-15/h7-9,11H,3-6,10H2,1-2H3,(H,24,25). The van der Waals surface area contributed by atoms with Crippen LogP contribution in [0.1, 0.15) is 47.4 Å². The number of thiophene rings is 1. The van der Waals surface area contributed by atoms with Crippen molar-refractivity contribution in [2.24, 2.45) is 0 Å². The normalized spacial score (nSPS) is 16.2. The summed E-state index contributed by atoms with van der Waals surface area (Å²) >= 11 is 1.76. The fourth-order valence-electron chi connectivity index (χ4n) is 4.42. The molecule has 6 heteroatoms. The van der Waals surface area contributed by atoms with E-state index in [-0.39, 0.29) is 6.79 Å². The number of aliphatic carboxylic acids is 1. The first kappa shape index (κ1) is 17.5. The van der Waals surface area contributed by atoms with E-state index in [0.717, 1.165) is 57.6 Å². The molecule has 0 spiro atoms. The molecule has 1 N–H and O–H groups in total. The van der Waals surface area contributed by atoms with Gasteiger partial charge in [0, 0.05) is 16.0 Å². The van der Waals surface area contributed by atoms with Crippen molar-refractivity contribution in [2.45, 2.75) is 45.4 Å². The number of aryl methyl sites for hydroxylation is 3. The number of fused-ring (bicyclic) bond motifs is 4. The number of nitrogens with zero attached hydrogens (tertiary/aromatic N) is 1. The van der Waals surface area contributed by atoms with Crippen LogP contribution < -0.4 is 9.47 Å². The predicted molar refractivity (Wildman–Crippen MR) is 109 cm³/mol. The zero-order valence-electron chi connectivity index (χ0n) is 15.9. The fourth-order valence-corrected chi connectivity index (χ4v) is 5.74. The van der Waals surface area contributed by atoms with Gasteiger partial charge in [-0.05, 0) is 73.9 Å². The summed E-state index contributed by atoms with van der Waals surface area (Å²) in [6, 6.07) is 5.89. The third-order valence-corrected chi connectivity index (χ3v) is 6.98. The van der Waals surface area contributed by atoms with Gasteiger partial charge in [0.15, 0.2) is 11.5 Å². The van der Waals surface area contributed by atoms with Crippen molar-refractivity contribution in [3.05, 3.63) is 39.9 Å². The molecule has 0 radical (unpaired) electrons. The summed E-state index contributed by atoms with van der Waals surface area (Å²) in [5.74, 6) is -0.0455. The lowest BCUT2D eigenvalue weighted by Crippen LogP contribution is -2.12. The number of benzene rings is 1. The lowest BCUT2D eigenvalue weighted by atomic mass is 9.85. The number of aromatic nitrogens is 1. The first-order valence-electron chi connectivity index (χ1n) is 9.62. The Bertz CT molecular complexity index is 1120. The van der Waals surface area contributed by atoms with Crippen molar-refractivity contribution in [2.75, 3.05) is 6.79 Å². The topological polar surface area (TPSA) is 68.7 Å². The molecule has 0 amide bonds. The van der Waals surface area contributed by atoms with Gasteiger partial charge in [-0.25, -0.2) is 4.98 Å². The van der Waals surface area contributed by atoms with E-state index in [0.29, 0.717) is 5.75 Å². The van der Waals surface area contributed by atoms with E-state index in [1.165, 1.54) is 16.9 Å². The lowest BCUT2D eigenvalue weighted by Gasteiger charge is -2.19. The summed E-state index contributed by atoms with van der Waals surface area (Å²) in [5, 5.41) is 10.9. The van der Waals surface area contributed by atoms with Crippen LogP contribution in [0.5, 0.6) is 11.5 Å². The quantitative estimate of drug-likeness (QED) is 0.671. The van der Waals surface area contributed by atoms with E-state index in [9.17, 15) is 9.90 Å². The van der Waals surface area contributed by atoms with Crippen molar-refractivity contribution in [1.82, 2.24) is 4.98 Å². The minimum absolute atomic E-state index is 0.218. The highest BCUT2D eigenvalue weighted by Gasteiger charge is 2.28. The van der Waals surface area contributed by atoms with Crippen LogP contribution in [-0.4, -0.2) is 22.9 Å². The van der Waals surface area contributed by atoms with Crippen LogP contribution in [0.25, 0.3) is 21.3 Å². The maximum Gasteiger partial charge on any atom is 0.310 e. The van der Waals surface area contributed by atoms with Crippen LogP contribution in [0.2, 0.25) is 0 Å². The summed E-state index contributed by atoms with van der Waals surface area (Å²) in [4.78, 5) is 19.2. The first-order chi connectivity index (χ1) is 13.5. The average Bonchev–Trinajstić information content (AvgIpc) is 3.29. The summed E-state index contributed by atoms with van der Waals surface area (Å²) in [6.07, 6.45) is 4.48. The molecular weight excluding hydrogens is 374 g/mol. The van der Waals surface area contributed by atoms with Crippen molar-refractivity contribution >= 4 is 27.5 Å². The van der Waals surface area contributed by atoms with Crippen LogP contribution >= 0.6 is 11.3 Å². The molecule has 144 valence electrons. The molecule has 0 bridgehead atoms. The molecule has 2 aromatic heterocycles. The Balaban J connectivity index is 1.87. The van der Waals surface area contributed by atoms with Crippen molar-refractivity contribution < 1.29 is 19.4 Å². The van der Waals surface area contributed by atoms with Gasteiger partial charge in [0.1, 0.15) is 4.83 Å². The van der Waals surface area contributed by atoms with E-state index in [4.69, 9.17) is 14.5 Å². The van der Waals surface area contributed by atoms with Crippen LogP contribution in [0.4, 0.5) is 0 Å². The molecule has 1 atom stereocenters. The maximum atomic E-state index is 11.9. The van der Waals surface area contributed by atoms with E-state index in [1.807, 2.05) is 25.1 Å². The highest BCUT2D eigenvalue weighted by Crippen LogP contribution is 2.46. The molecule has 1 aliphatic carbocycles. The third-order valence-electron chi connectivity index (χ3n) is 5.80. The number of carboxylic acids is 1. The van der Waals surface area contributed by atoms with Crippen molar-refractivity contribution in [3.8, 4) is 22.6 Å². The molecule has 2 aliphatic rings. The molecule has 28 heavy (non-hydrogen) atoms. The predicted octanol–water partition coefficient (Wildman–Crippen LogP) is 5.07. The van der Waals surface area contributed by atoms with Gasteiger partial charge in [0.25, 0.3) is 0 Å². The van der Waals surface area contributed by atoms with Crippen molar-refractivity contribution in [3.63, 3.8) is 0 Å². The Labute approximate surface area is 166 Å². The highest BCUT2D eigenvalue weighted by molar-refractivity contribution is 7.19. The monoisotopic (exact) mass is 395 g/mol. The molecule has 0 fully saturated rings. The number of hydrogen-bond donors (Lipinski definition) is 1. The molecule has 1 aliphatic heterocycles. The SMILES string of the molecule is Cc1nc2sc3c(c2c(-c2ccc4c(c2)OCO4)c1C(C)C(=O)O)CCCC3. The second kappa shape index (κ2) is 6.48. The van der Waals surface area contributed by atoms with Crippen LogP contribution in [0.3, 0.4) is 0 Å². The Kier molecular flexibility index (Phi) is 4.05. The lowest BCUT2D eigenvalue weighted by molar-refractivity contribution is -0.138. The molecule has 5 rings (SSSR count). The minimum atomic E-state index is -0.838. The fraction of sp³-hybridized carbons (Fsp3) is 0.364. The number of ether oxygens (including phenoxy) is 2. The van der Waals surface area contributed by atoms with Gasteiger partial charge in [-0.2, -0.15) is 0 Å². The van der Waals surface area contributed by atoms with Crippen LogP contribution in [0, 0.1) is 6.92 Å². The van der Waals surface area contributed by atoms with Gasteiger partial charge < -0.3 is 14.6 Å². The number of hydrogen-bond acceptors (Lipinski definition) is 5. The summed E-state index contributed by atoms with van der Waals surface area (Å²) in [7, 11) is 0. The minimum Gasteiger partial charge on any atom is -0.481 e. The van der Waals surface area contributed by atoms with Crippen LogP contribution in [-0.2, 0) is 17.6 Å². The molecular formula is C22H21NO4S. The van der Waals surface area contributed by atoms with Gasteiger partial charge in [-0.1, -0.05) is 6.07 Å². The number of pyridine rings is 1. The smallest absolute Gasteiger partial charge is 0.310 e. The molecule has 1 unspecified atom stereocenters. The second-order valence-electron chi connectivity index (χ2n) is 7.50. The summed E-state index contributed by atoms with van der Waals surface area (Å²) in [6.45, 7) is 3.88. The Morgan fingerprint density at radius 1 is 1.21 bits per heavy atom. The number of rotatable bonds is 3. The summed E-state index contributed by atoms with van der Waals surface area (Å²) in [5.41, 5.74) is 4.90. The molecule has 0 saturated heterocycles. The number of carbonyl (C=O) groups is 1. The molecule has 3 aromatic rings. The van der Waals surface area contributed by atoms with Gasteiger partial charge in [-0.15, -0.1) is 11.3 Å². The molecule has 5 nitrogen and oxygen atoms in total. The highest BCUT2D eigenvalue weighted by atomic mass is 32.1. The van der Waals surface area contributed by atoms with E-state index < -0.39 is 11.9 Å². The van der Waals surface area contributed by atoms with Gasteiger partial charge in [0.2, 0.25) is 6.79 Å². The van der Waals surface area contributed by atoms with Crippen molar-refractivity contribution in [1.29, 1.82) is 0 Å². The molecule has 3 heterocycles. The Morgan fingerprint density at radius 3 is 2.82 bits per heavy atom. The average molecular weight is 395 g/mol. The first-order valence-corrected chi connectivity index (χ1v) is 10.4. The van der Waals surface area contributed by atoms with Gasteiger partial charge in [0.05, 0.1) is 5.92 Å². The molecule has 0 saturated carbocycles. The van der Waals surface area contributed by atoms with E-state index >= 15 is 0 Å². The van der Waals surface area contributed by atoms with E-state index in [1.54, 1.807) is 18.3 Å². The summed E-state index contributed by atoms with van der Waals surface area (Å²) < 4.78 is 11.1.